The van der Waals surface area contributed by atoms with Crippen LogP contribution in [0.3, 0.4) is 0 Å². The molecule has 0 radical (unpaired) electrons. The fourth-order valence-corrected chi connectivity index (χ4v) is 9.70. The van der Waals surface area contributed by atoms with Crippen molar-refractivity contribution < 1.29 is 0 Å². The number of rotatable bonds is 6. The molecular formula is C62H52N2. The van der Waals surface area contributed by atoms with E-state index >= 15 is 0 Å². The Kier molecular flexibility index (Phi) is 9.33. The van der Waals surface area contributed by atoms with Crippen molar-refractivity contribution in [3.05, 3.63) is 217 Å². The van der Waals surface area contributed by atoms with E-state index in [0.717, 1.165) is 17.1 Å². The lowest BCUT2D eigenvalue weighted by molar-refractivity contribution is 0.591. The van der Waals surface area contributed by atoms with E-state index in [1.54, 1.807) is 0 Å². The molecule has 1 heterocycles. The highest BCUT2D eigenvalue weighted by atomic mass is 15.1. The van der Waals surface area contributed by atoms with Gasteiger partial charge in [-0.25, -0.2) is 0 Å². The summed E-state index contributed by atoms with van der Waals surface area (Å²) in [5, 5.41) is 10.0. The maximum Gasteiger partial charge on any atom is 0.0550 e. The molecule has 0 saturated heterocycles. The molecule has 0 aliphatic carbocycles. The second-order valence-electron chi connectivity index (χ2n) is 19.5. The number of aromatic nitrogens is 1. The summed E-state index contributed by atoms with van der Waals surface area (Å²) in [5.74, 6) is 0. The van der Waals surface area contributed by atoms with Gasteiger partial charge in [-0.2, -0.15) is 0 Å². The molecule has 0 aliphatic heterocycles. The minimum Gasteiger partial charge on any atom is -0.310 e. The lowest BCUT2D eigenvalue weighted by atomic mass is 9.83. The first kappa shape index (κ1) is 39.4. The molecule has 0 atom stereocenters. The quantitative estimate of drug-likeness (QED) is 0.152. The van der Waals surface area contributed by atoms with Crippen LogP contribution in [0.25, 0.3) is 82.1 Å². The minimum absolute atomic E-state index is 0.00684. The number of fused-ring (bicyclic) bond motifs is 7. The normalized spacial score (nSPS) is 12.2. The van der Waals surface area contributed by atoms with Crippen molar-refractivity contribution in [2.45, 2.75) is 52.4 Å². The van der Waals surface area contributed by atoms with E-state index in [0.29, 0.717) is 0 Å². The van der Waals surface area contributed by atoms with Gasteiger partial charge in [-0.3, -0.25) is 0 Å². The Bertz CT molecular complexity index is 3560. The van der Waals surface area contributed by atoms with Crippen molar-refractivity contribution in [2.24, 2.45) is 0 Å². The molecule has 0 saturated carbocycles. The van der Waals surface area contributed by atoms with Gasteiger partial charge in [0.25, 0.3) is 0 Å². The summed E-state index contributed by atoms with van der Waals surface area (Å²) in [6, 6.07) is 76.7. The summed E-state index contributed by atoms with van der Waals surface area (Å²) < 4.78 is 2.49. The van der Waals surface area contributed by atoms with Crippen LogP contribution in [0.5, 0.6) is 0 Å². The van der Waals surface area contributed by atoms with Crippen molar-refractivity contribution in [2.75, 3.05) is 4.90 Å². The van der Waals surface area contributed by atoms with Crippen LogP contribution in [-0.4, -0.2) is 4.57 Å². The van der Waals surface area contributed by atoms with Crippen molar-refractivity contribution >= 4 is 71.2 Å². The van der Waals surface area contributed by atoms with Crippen LogP contribution in [0.15, 0.2) is 206 Å². The molecule has 0 unspecified atom stereocenters. The van der Waals surface area contributed by atoms with Gasteiger partial charge < -0.3 is 9.47 Å². The maximum absolute atomic E-state index is 2.49. The molecule has 2 heteroatoms. The number of hydrogen-bond acceptors (Lipinski definition) is 1. The number of benzene rings is 10. The van der Waals surface area contributed by atoms with Gasteiger partial charge in [0.15, 0.2) is 0 Å². The van der Waals surface area contributed by atoms with Gasteiger partial charge >= 0.3 is 0 Å². The smallest absolute Gasteiger partial charge is 0.0550 e. The monoisotopic (exact) mass is 824 g/mol. The Morgan fingerprint density at radius 3 is 1.73 bits per heavy atom. The molecule has 0 N–H and O–H groups in total. The highest BCUT2D eigenvalue weighted by Gasteiger charge is 2.25. The van der Waals surface area contributed by atoms with Crippen LogP contribution in [0.4, 0.5) is 17.1 Å². The van der Waals surface area contributed by atoms with E-state index in [-0.39, 0.29) is 10.8 Å². The van der Waals surface area contributed by atoms with Gasteiger partial charge in [0.1, 0.15) is 0 Å². The zero-order chi connectivity index (χ0) is 43.7. The highest BCUT2D eigenvalue weighted by Crippen LogP contribution is 2.45. The zero-order valence-electron chi connectivity index (χ0n) is 37.5. The molecule has 2 nitrogen and oxygen atoms in total. The maximum atomic E-state index is 2.49. The van der Waals surface area contributed by atoms with E-state index < -0.39 is 0 Å². The third-order valence-corrected chi connectivity index (χ3v) is 13.2. The largest absolute Gasteiger partial charge is 0.310 e. The molecule has 11 rings (SSSR count). The molecule has 64 heavy (non-hydrogen) atoms. The average molecular weight is 825 g/mol. The second kappa shape index (κ2) is 15.1. The second-order valence-corrected chi connectivity index (χ2v) is 19.5. The van der Waals surface area contributed by atoms with Crippen molar-refractivity contribution in [3.8, 4) is 27.9 Å². The minimum atomic E-state index is -0.0802. The van der Waals surface area contributed by atoms with Crippen LogP contribution in [0.1, 0.15) is 52.7 Å². The van der Waals surface area contributed by atoms with Crippen LogP contribution in [0.2, 0.25) is 0 Å². The summed E-state index contributed by atoms with van der Waals surface area (Å²) in [5.41, 5.74) is 14.3. The fourth-order valence-electron chi connectivity index (χ4n) is 9.70. The predicted molar refractivity (Wildman–Crippen MR) is 276 cm³/mol. The zero-order valence-corrected chi connectivity index (χ0v) is 37.5. The molecule has 0 bridgehead atoms. The topological polar surface area (TPSA) is 8.17 Å². The van der Waals surface area contributed by atoms with E-state index in [1.165, 1.54) is 93.2 Å². The van der Waals surface area contributed by atoms with Crippen LogP contribution >= 0.6 is 0 Å². The Morgan fingerprint density at radius 1 is 0.344 bits per heavy atom. The third kappa shape index (κ3) is 6.91. The van der Waals surface area contributed by atoms with Crippen LogP contribution in [-0.2, 0) is 10.8 Å². The molecule has 310 valence electrons. The number of para-hydroxylation sites is 1. The Hall–Kier alpha value is -7.42. The molecule has 0 fully saturated rings. The first-order valence-corrected chi connectivity index (χ1v) is 22.6. The lowest BCUT2D eigenvalue weighted by Crippen LogP contribution is -2.12. The molecule has 10 aromatic carbocycles. The highest BCUT2D eigenvalue weighted by molar-refractivity contribution is 6.16. The summed E-state index contributed by atoms with van der Waals surface area (Å²) in [7, 11) is 0. The van der Waals surface area contributed by atoms with E-state index in [1.807, 2.05) is 0 Å². The molecule has 1 aromatic heterocycles. The standard InChI is InChI=1S/C62H52N2/c1-61(2,3)48-29-33-56-58(39-48)64(50-19-8-7-9-20-50)59-40-49(62(4,5)6)38-57(60(56)59)46-18-14-21-52(36-46)63(53-32-34-55-47(37-53)26-24-43-16-12-13-22-54(43)55)51-30-27-42(28-31-51)45-25-23-41-15-10-11-17-44(41)35-45/h7-40H,1-6H3. The SMILES string of the molecule is CC(C)(C)c1ccc2c3c(-c4cccc(N(c5ccc(-c6ccc7ccccc7c6)cc5)c5ccc6c(ccc7ccccc76)c5)c4)cc(C(C)(C)C)cc3n(-c3ccccc3)c2c1. The van der Waals surface area contributed by atoms with Crippen LogP contribution < -0.4 is 4.90 Å². The molecule has 0 spiro atoms. The molecule has 0 amide bonds. The van der Waals surface area contributed by atoms with Crippen molar-refractivity contribution in [1.82, 2.24) is 4.57 Å². The molecule has 0 aliphatic rings. The van der Waals surface area contributed by atoms with Crippen LogP contribution in [0, 0.1) is 0 Å². The first-order chi connectivity index (χ1) is 31.0. The summed E-state index contributed by atoms with van der Waals surface area (Å²) in [6.45, 7) is 13.9. The third-order valence-electron chi connectivity index (χ3n) is 13.2. The molecular weight excluding hydrogens is 773 g/mol. The number of nitrogens with zero attached hydrogens (tertiary/aromatic N) is 2. The summed E-state index contributed by atoms with van der Waals surface area (Å²) in [4.78, 5) is 2.43. The Balaban J connectivity index is 1.13. The summed E-state index contributed by atoms with van der Waals surface area (Å²) >= 11 is 0. The van der Waals surface area contributed by atoms with Gasteiger partial charge in [0.2, 0.25) is 0 Å². The number of anilines is 3. The predicted octanol–water partition coefficient (Wildman–Crippen LogP) is 17.6. The fraction of sp³-hybridized carbons (Fsp3) is 0.129. The Morgan fingerprint density at radius 2 is 0.953 bits per heavy atom. The number of hydrogen-bond donors (Lipinski definition) is 0. The van der Waals surface area contributed by atoms with E-state index in [2.05, 4.69) is 257 Å². The van der Waals surface area contributed by atoms with Crippen molar-refractivity contribution in [3.63, 3.8) is 0 Å². The van der Waals surface area contributed by atoms with Gasteiger partial charge in [0, 0.05) is 33.5 Å². The van der Waals surface area contributed by atoms with Gasteiger partial charge in [0.05, 0.1) is 11.0 Å². The Labute approximate surface area is 376 Å². The van der Waals surface area contributed by atoms with Gasteiger partial charge in [-0.1, -0.05) is 175 Å². The molecule has 11 aromatic rings. The average Bonchev–Trinajstić information content (AvgIpc) is 3.65. The van der Waals surface area contributed by atoms with Gasteiger partial charge in [-0.05, 0) is 149 Å². The van der Waals surface area contributed by atoms with Crippen molar-refractivity contribution in [1.29, 1.82) is 0 Å². The summed E-state index contributed by atoms with van der Waals surface area (Å²) in [6.07, 6.45) is 0. The van der Waals surface area contributed by atoms with E-state index in [4.69, 9.17) is 0 Å². The van der Waals surface area contributed by atoms with Gasteiger partial charge in [-0.15, -0.1) is 0 Å². The first-order valence-electron chi connectivity index (χ1n) is 22.6. The lowest BCUT2D eigenvalue weighted by Gasteiger charge is -2.27. The van der Waals surface area contributed by atoms with E-state index in [9.17, 15) is 0 Å².